The number of hydrogen-bond acceptors (Lipinski definition) is 4. The van der Waals surface area contributed by atoms with Gasteiger partial charge in [-0.1, -0.05) is 23.7 Å². The number of aromatic nitrogens is 1. The summed E-state index contributed by atoms with van der Waals surface area (Å²) in [7, 11) is 0. The lowest BCUT2D eigenvalue weighted by Crippen LogP contribution is -2.13. The lowest BCUT2D eigenvalue weighted by molar-refractivity contribution is 0.102. The van der Waals surface area contributed by atoms with Crippen LogP contribution < -0.4 is 10.1 Å². The van der Waals surface area contributed by atoms with E-state index in [9.17, 15) is 4.79 Å². The minimum atomic E-state index is -0.256. The number of rotatable bonds is 5. The molecule has 0 fully saturated rings. The summed E-state index contributed by atoms with van der Waals surface area (Å²) in [5, 5.41) is 3.35. The smallest absolute Gasteiger partial charge is 0.255 e. The summed E-state index contributed by atoms with van der Waals surface area (Å²) in [6.07, 6.45) is 0. The quantitative estimate of drug-likeness (QED) is 0.404. The highest BCUT2D eigenvalue weighted by molar-refractivity contribution is 6.32. The molecule has 0 aliphatic heterocycles. The normalized spacial score (nSPS) is 10.9. The van der Waals surface area contributed by atoms with Crippen molar-refractivity contribution >= 4 is 34.3 Å². The van der Waals surface area contributed by atoms with E-state index in [4.69, 9.17) is 20.8 Å². The molecule has 4 rings (SSSR count). The third-order valence-electron chi connectivity index (χ3n) is 4.77. The molecule has 4 aromatic rings. The first-order valence-electron chi connectivity index (χ1n) is 9.66. The highest BCUT2D eigenvalue weighted by atomic mass is 35.5. The maximum Gasteiger partial charge on any atom is 0.255 e. The molecule has 1 aromatic heterocycles. The van der Waals surface area contributed by atoms with Crippen LogP contribution in [0.4, 0.5) is 5.69 Å². The van der Waals surface area contributed by atoms with Crippen LogP contribution in [-0.4, -0.2) is 17.5 Å². The number of aryl methyl sites for hydroxylation is 2. The second kappa shape index (κ2) is 8.20. The molecule has 0 unspecified atom stereocenters. The molecule has 0 saturated carbocycles. The van der Waals surface area contributed by atoms with E-state index in [1.807, 2.05) is 57.2 Å². The highest BCUT2D eigenvalue weighted by Gasteiger charge is 2.14. The molecule has 0 radical (unpaired) electrons. The van der Waals surface area contributed by atoms with Crippen molar-refractivity contribution in [1.29, 1.82) is 0 Å². The number of benzene rings is 3. The second-order valence-electron chi connectivity index (χ2n) is 7.05. The Morgan fingerprint density at radius 3 is 2.70 bits per heavy atom. The topological polar surface area (TPSA) is 64.4 Å². The Labute approximate surface area is 179 Å². The molecule has 0 atom stereocenters. The number of anilines is 1. The summed E-state index contributed by atoms with van der Waals surface area (Å²) in [6.45, 7) is 6.33. The Balaban J connectivity index is 1.61. The Kier molecular flexibility index (Phi) is 5.46. The SMILES string of the molecule is CCOc1ccc(C(=O)Nc2cc(-c3nc4ccc(C)cc4o3)ccc2C)cc1Cl. The number of nitrogens with one attached hydrogen (secondary N) is 1. The highest BCUT2D eigenvalue weighted by Crippen LogP contribution is 2.29. The minimum Gasteiger partial charge on any atom is -0.492 e. The maximum atomic E-state index is 12.8. The van der Waals surface area contributed by atoms with Crippen molar-refractivity contribution < 1.29 is 13.9 Å². The molecule has 1 amide bonds. The molecule has 3 aromatic carbocycles. The van der Waals surface area contributed by atoms with Crippen LogP contribution in [0.5, 0.6) is 5.75 Å². The molecule has 1 heterocycles. The minimum absolute atomic E-state index is 0.256. The molecule has 152 valence electrons. The van der Waals surface area contributed by atoms with Crippen LogP contribution in [0, 0.1) is 13.8 Å². The second-order valence-corrected chi connectivity index (χ2v) is 7.46. The van der Waals surface area contributed by atoms with E-state index < -0.39 is 0 Å². The van der Waals surface area contributed by atoms with Gasteiger partial charge in [0.15, 0.2) is 5.58 Å². The van der Waals surface area contributed by atoms with Gasteiger partial charge in [-0.05, 0) is 74.4 Å². The average Bonchev–Trinajstić information content (AvgIpc) is 3.14. The molecule has 30 heavy (non-hydrogen) atoms. The van der Waals surface area contributed by atoms with Crippen molar-refractivity contribution in [3.8, 4) is 17.2 Å². The van der Waals surface area contributed by atoms with Gasteiger partial charge in [0.05, 0.1) is 11.6 Å². The first kappa shape index (κ1) is 20.0. The molecule has 0 bridgehead atoms. The fourth-order valence-corrected chi connectivity index (χ4v) is 3.39. The van der Waals surface area contributed by atoms with Crippen LogP contribution in [0.1, 0.15) is 28.4 Å². The summed E-state index contributed by atoms with van der Waals surface area (Å²) < 4.78 is 11.3. The standard InChI is InChI=1S/C24H21ClN2O3/c1-4-29-21-10-8-16(12-18(21)25)23(28)26-20-13-17(7-6-15(20)3)24-27-19-9-5-14(2)11-22(19)30-24/h5-13H,4H2,1-3H3,(H,26,28). The van der Waals surface area contributed by atoms with Gasteiger partial charge in [0.25, 0.3) is 5.91 Å². The number of amides is 1. The van der Waals surface area contributed by atoms with Gasteiger partial charge in [-0.2, -0.15) is 0 Å². The van der Waals surface area contributed by atoms with Crippen LogP contribution in [0.15, 0.2) is 59.0 Å². The molecule has 6 heteroatoms. The average molecular weight is 421 g/mol. The molecule has 0 aliphatic rings. The number of carbonyl (C=O) groups is 1. The molecule has 0 saturated heterocycles. The first-order valence-corrected chi connectivity index (χ1v) is 10.0. The number of hydrogen-bond donors (Lipinski definition) is 1. The van der Waals surface area contributed by atoms with Crippen molar-refractivity contribution in [2.75, 3.05) is 11.9 Å². The summed E-state index contributed by atoms with van der Waals surface area (Å²) in [5.74, 6) is 0.809. The number of nitrogens with zero attached hydrogens (tertiary/aromatic N) is 1. The zero-order valence-corrected chi connectivity index (χ0v) is 17.7. The first-order chi connectivity index (χ1) is 14.4. The van der Waals surface area contributed by atoms with Gasteiger partial charge in [-0.25, -0.2) is 4.98 Å². The monoisotopic (exact) mass is 420 g/mol. The van der Waals surface area contributed by atoms with E-state index in [2.05, 4.69) is 10.3 Å². The molecular formula is C24H21ClN2O3. The van der Waals surface area contributed by atoms with Crippen molar-refractivity contribution in [2.45, 2.75) is 20.8 Å². The third-order valence-corrected chi connectivity index (χ3v) is 5.07. The van der Waals surface area contributed by atoms with Gasteiger partial charge in [-0.3, -0.25) is 4.79 Å². The van der Waals surface area contributed by atoms with Crippen LogP contribution in [-0.2, 0) is 0 Å². The molecular weight excluding hydrogens is 400 g/mol. The van der Waals surface area contributed by atoms with Gasteiger partial charge in [-0.15, -0.1) is 0 Å². The van der Waals surface area contributed by atoms with Crippen molar-refractivity contribution in [3.05, 3.63) is 76.3 Å². The van der Waals surface area contributed by atoms with Crippen LogP contribution in [0.25, 0.3) is 22.6 Å². The van der Waals surface area contributed by atoms with E-state index in [-0.39, 0.29) is 5.91 Å². The Hall–Kier alpha value is -3.31. The molecule has 1 N–H and O–H groups in total. The van der Waals surface area contributed by atoms with E-state index in [1.165, 1.54) is 0 Å². The van der Waals surface area contributed by atoms with Crippen LogP contribution in [0.3, 0.4) is 0 Å². The van der Waals surface area contributed by atoms with Gasteiger partial charge in [0.1, 0.15) is 11.3 Å². The number of halogens is 1. The fourth-order valence-electron chi connectivity index (χ4n) is 3.15. The zero-order chi connectivity index (χ0) is 21.3. The van der Waals surface area contributed by atoms with Gasteiger partial charge in [0.2, 0.25) is 5.89 Å². The fraction of sp³-hybridized carbons (Fsp3) is 0.167. The van der Waals surface area contributed by atoms with Gasteiger partial charge < -0.3 is 14.5 Å². The lowest BCUT2D eigenvalue weighted by Gasteiger charge is -2.11. The summed E-state index contributed by atoms with van der Waals surface area (Å²) >= 11 is 6.22. The summed E-state index contributed by atoms with van der Waals surface area (Å²) in [6, 6.07) is 16.6. The number of ether oxygens (including phenoxy) is 1. The van der Waals surface area contributed by atoms with Crippen molar-refractivity contribution in [3.63, 3.8) is 0 Å². The number of oxazole rings is 1. The maximum absolute atomic E-state index is 12.8. The van der Waals surface area contributed by atoms with Crippen molar-refractivity contribution in [2.24, 2.45) is 0 Å². The number of carbonyl (C=O) groups excluding carboxylic acids is 1. The van der Waals surface area contributed by atoms with Gasteiger partial charge >= 0.3 is 0 Å². The lowest BCUT2D eigenvalue weighted by atomic mass is 10.1. The zero-order valence-electron chi connectivity index (χ0n) is 17.0. The van der Waals surface area contributed by atoms with E-state index in [1.54, 1.807) is 18.2 Å². The third kappa shape index (κ3) is 4.02. The number of fused-ring (bicyclic) bond motifs is 1. The van der Waals surface area contributed by atoms with Crippen LogP contribution in [0.2, 0.25) is 5.02 Å². The predicted octanol–water partition coefficient (Wildman–Crippen LogP) is 6.42. The van der Waals surface area contributed by atoms with E-state index >= 15 is 0 Å². The summed E-state index contributed by atoms with van der Waals surface area (Å²) in [4.78, 5) is 17.3. The van der Waals surface area contributed by atoms with Crippen molar-refractivity contribution in [1.82, 2.24) is 4.98 Å². The molecule has 0 aliphatic carbocycles. The summed E-state index contributed by atoms with van der Waals surface area (Å²) in [5.41, 5.74) is 5.49. The Morgan fingerprint density at radius 1 is 1.10 bits per heavy atom. The predicted molar refractivity (Wildman–Crippen MR) is 119 cm³/mol. The largest absolute Gasteiger partial charge is 0.492 e. The Bertz CT molecular complexity index is 1250. The van der Waals surface area contributed by atoms with E-state index in [0.29, 0.717) is 34.5 Å². The molecule has 0 spiro atoms. The Morgan fingerprint density at radius 2 is 1.93 bits per heavy atom. The molecule has 5 nitrogen and oxygen atoms in total. The van der Waals surface area contributed by atoms with Crippen LogP contribution >= 0.6 is 11.6 Å². The van der Waals surface area contributed by atoms with E-state index in [0.717, 1.165) is 27.8 Å². The van der Waals surface area contributed by atoms with Gasteiger partial charge in [0, 0.05) is 16.8 Å².